The van der Waals surface area contributed by atoms with Gasteiger partial charge in [-0.25, -0.2) is 15.0 Å². The molecule has 1 saturated heterocycles. The van der Waals surface area contributed by atoms with E-state index in [9.17, 15) is 4.79 Å². The fourth-order valence-corrected chi connectivity index (χ4v) is 3.37. The molecule has 0 aromatic carbocycles. The van der Waals surface area contributed by atoms with Crippen molar-refractivity contribution in [1.82, 2.24) is 24.4 Å². The molecule has 6 heteroatoms. The zero-order chi connectivity index (χ0) is 17.6. The lowest BCUT2D eigenvalue weighted by Crippen LogP contribution is -2.38. The predicted molar refractivity (Wildman–Crippen MR) is 96.4 cm³/mol. The number of carbonyl (C=O) groups is 1. The highest BCUT2D eigenvalue weighted by molar-refractivity contribution is 5.93. The van der Waals surface area contributed by atoms with E-state index < -0.39 is 0 Å². The quantitative estimate of drug-likeness (QED) is 0.810. The third-order valence-electron chi connectivity index (χ3n) is 4.92. The minimum Gasteiger partial charge on any atom is -0.339 e. The van der Waals surface area contributed by atoms with Crippen LogP contribution in [-0.4, -0.2) is 43.4 Å². The van der Waals surface area contributed by atoms with Gasteiger partial charge in [0.1, 0.15) is 11.6 Å². The summed E-state index contributed by atoms with van der Waals surface area (Å²) in [4.78, 5) is 27.6. The smallest absolute Gasteiger partial charge is 0.256 e. The van der Waals surface area contributed by atoms with Gasteiger partial charge in [-0.1, -0.05) is 20.3 Å². The molecule has 1 fully saturated rings. The van der Waals surface area contributed by atoms with E-state index in [1.54, 1.807) is 12.4 Å². The number of piperidine rings is 1. The van der Waals surface area contributed by atoms with E-state index in [1.165, 1.54) is 18.7 Å². The van der Waals surface area contributed by atoms with E-state index >= 15 is 0 Å². The highest BCUT2D eigenvalue weighted by Gasteiger charge is 2.27. The van der Waals surface area contributed by atoms with Crippen molar-refractivity contribution in [2.75, 3.05) is 13.1 Å². The molecular formula is C19H27N5O. The average Bonchev–Trinajstić information content (AvgIpc) is 3.14. The second kappa shape index (κ2) is 8.23. The van der Waals surface area contributed by atoms with Gasteiger partial charge in [-0.15, -0.1) is 0 Å². The molecule has 1 aliphatic heterocycles. The lowest BCUT2D eigenvalue weighted by molar-refractivity contribution is 0.0709. The Morgan fingerprint density at radius 3 is 2.52 bits per heavy atom. The van der Waals surface area contributed by atoms with Crippen LogP contribution in [-0.2, 0) is 13.0 Å². The van der Waals surface area contributed by atoms with Crippen molar-refractivity contribution in [3.05, 3.63) is 42.0 Å². The molecule has 3 rings (SSSR count). The van der Waals surface area contributed by atoms with Crippen LogP contribution >= 0.6 is 0 Å². The first-order valence-electron chi connectivity index (χ1n) is 9.34. The summed E-state index contributed by atoms with van der Waals surface area (Å²) in [6.45, 7) is 6.77. The summed E-state index contributed by atoms with van der Waals surface area (Å²) in [7, 11) is 0. The Morgan fingerprint density at radius 2 is 1.88 bits per heavy atom. The Labute approximate surface area is 149 Å². The number of nitrogens with zero attached hydrogens (tertiary/aromatic N) is 5. The van der Waals surface area contributed by atoms with E-state index in [-0.39, 0.29) is 5.91 Å². The first kappa shape index (κ1) is 17.6. The number of hydrogen-bond acceptors (Lipinski definition) is 4. The molecule has 0 saturated carbocycles. The molecule has 25 heavy (non-hydrogen) atoms. The lowest BCUT2D eigenvalue weighted by atomic mass is 9.95. The zero-order valence-corrected chi connectivity index (χ0v) is 15.2. The summed E-state index contributed by atoms with van der Waals surface area (Å²) in [6, 6.07) is 0. The van der Waals surface area contributed by atoms with Crippen molar-refractivity contribution in [1.29, 1.82) is 0 Å². The summed E-state index contributed by atoms with van der Waals surface area (Å²) in [5.41, 5.74) is 0.583. The number of aryl methyl sites for hydroxylation is 2. The molecule has 0 bridgehead atoms. The standard InChI is InChI=1S/C19H27N5O/c1-3-5-9-23-12-8-20-18(23)15-6-10-24(11-7-15)19(25)16-13-21-17(4-2)22-14-16/h8,12-15H,3-7,9-11H2,1-2H3. The number of hydrogen-bond donors (Lipinski definition) is 0. The van der Waals surface area contributed by atoms with Gasteiger partial charge < -0.3 is 9.47 Å². The van der Waals surface area contributed by atoms with Crippen molar-refractivity contribution in [2.45, 2.75) is 58.4 Å². The SMILES string of the molecule is CCCCn1ccnc1C1CCN(C(=O)c2cnc(CC)nc2)CC1. The fourth-order valence-electron chi connectivity index (χ4n) is 3.37. The van der Waals surface area contributed by atoms with Crippen LogP contribution < -0.4 is 0 Å². The van der Waals surface area contributed by atoms with Gasteiger partial charge in [0, 0.05) is 56.8 Å². The van der Waals surface area contributed by atoms with Crippen LogP contribution in [0.4, 0.5) is 0 Å². The molecule has 0 atom stereocenters. The topological polar surface area (TPSA) is 63.9 Å². The number of carbonyl (C=O) groups excluding carboxylic acids is 1. The number of unbranched alkanes of at least 4 members (excludes halogenated alkanes) is 1. The molecule has 1 amide bonds. The molecule has 2 aromatic rings. The van der Waals surface area contributed by atoms with Gasteiger partial charge in [0.15, 0.2) is 0 Å². The van der Waals surface area contributed by atoms with Crippen LogP contribution in [0.2, 0.25) is 0 Å². The first-order chi connectivity index (χ1) is 12.2. The fraction of sp³-hybridized carbons (Fsp3) is 0.579. The highest BCUT2D eigenvalue weighted by Crippen LogP contribution is 2.27. The Kier molecular flexibility index (Phi) is 5.79. The minimum atomic E-state index is 0.0374. The van der Waals surface area contributed by atoms with Gasteiger partial charge in [-0.2, -0.15) is 0 Å². The molecule has 1 aliphatic rings. The minimum absolute atomic E-state index is 0.0374. The first-order valence-corrected chi connectivity index (χ1v) is 9.34. The monoisotopic (exact) mass is 341 g/mol. The third-order valence-corrected chi connectivity index (χ3v) is 4.92. The van der Waals surface area contributed by atoms with Gasteiger partial charge in [-0.05, 0) is 19.3 Å². The molecule has 3 heterocycles. The Bertz CT molecular complexity index is 686. The Morgan fingerprint density at radius 1 is 1.16 bits per heavy atom. The Balaban J connectivity index is 1.59. The number of amides is 1. The van der Waals surface area contributed by atoms with Crippen LogP contribution in [0.3, 0.4) is 0 Å². The average molecular weight is 341 g/mol. The van der Waals surface area contributed by atoms with Crippen LogP contribution in [0, 0.1) is 0 Å². The predicted octanol–water partition coefficient (Wildman–Crippen LogP) is 3.06. The summed E-state index contributed by atoms with van der Waals surface area (Å²) in [5, 5.41) is 0. The van der Waals surface area contributed by atoms with Crippen LogP contribution in [0.1, 0.15) is 67.5 Å². The highest BCUT2D eigenvalue weighted by atomic mass is 16.2. The van der Waals surface area contributed by atoms with Crippen LogP contribution in [0.5, 0.6) is 0 Å². The van der Waals surface area contributed by atoms with Crippen molar-refractivity contribution >= 4 is 5.91 Å². The largest absolute Gasteiger partial charge is 0.339 e. The van der Waals surface area contributed by atoms with E-state index in [1.807, 2.05) is 18.0 Å². The van der Waals surface area contributed by atoms with E-state index in [2.05, 4.69) is 32.6 Å². The third kappa shape index (κ3) is 4.06. The van der Waals surface area contributed by atoms with Gasteiger partial charge >= 0.3 is 0 Å². The van der Waals surface area contributed by atoms with Gasteiger partial charge in [0.25, 0.3) is 5.91 Å². The Hall–Kier alpha value is -2.24. The normalized spacial score (nSPS) is 15.5. The summed E-state index contributed by atoms with van der Waals surface area (Å²) < 4.78 is 2.28. The summed E-state index contributed by atoms with van der Waals surface area (Å²) >= 11 is 0. The summed E-state index contributed by atoms with van der Waals surface area (Å²) in [5.74, 6) is 2.43. The van der Waals surface area contributed by atoms with E-state index in [4.69, 9.17) is 0 Å². The molecule has 0 N–H and O–H groups in total. The molecular weight excluding hydrogens is 314 g/mol. The number of likely N-dealkylation sites (tertiary alicyclic amines) is 1. The zero-order valence-electron chi connectivity index (χ0n) is 15.2. The van der Waals surface area contributed by atoms with Crippen LogP contribution in [0.15, 0.2) is 24.8 Å². The molecule has 0 radical (unpaired) electrons. The van der Waals surface area contributed by atoms with Gasteiger partial charge in [-0.3, -0.25) is 4.79 Å². The molecule has 6 nitrogen and oxygen atoms in total. The van der Waals surface area contributed by atoms with Crippen molar-refractivity contribution < 1.29 is 4.79 Å². The molecule has 0 spiro atoms. The molecule has 2 aromatic heterocycles. The van der Waals surface area contributed by atoms with E-state index in [0.29, 0.717) is 11.5 Å². The van der Waals surface area contributed by atoms with Gasteiger partial charge in [0.2, 0.25) is 0 Å². The van der Waals surface area contributed by atoms with Crippen molar-refractivity contribution in [3.63, 3.8) is 0 Å². The second-order valence-corrected chi connectivity index (χ2v) is 6.64. The number of aromatic nitrogens is 4. The molecule has 0 aliphatic carbocycles. The van der Waals surface area contributed by atoms with E-state index in [0.717, 1.165) is 44.7 Å². The summed E-state index contributed by atoms with van der Waals surface area (Å²) in [6.07, 6.45) is 12.3. The maximum absolute atomic E-state index is 12.6. The maximum atomic E-state index is 12.6. The number of rotatable bonds is 6. The van der Waals surface area contributed by atoms with Gasteiger partial charge in [0.05, 0.1) is 5.56 Å². The lowest BCUT2D eigenvalue weighted by Gasteiger charge is -2.32. The second-order valence-electron chi connectivity index (χ2n) is 6.64. The maximum Gasteiger partial charge on any atom is 0.256 e. The molecule has 134 valence electrons. The van der Waals surface area contributed by atoms with Crippen molar-refractivity contribution in [3.8, 4) is 0 Å². The molecule has 0 unspecified atom stereocenters. The van der Waals surface area contributed by atoms with Crippen LogP contribution in [0.25, 0.3) is 0 Å². The number of imidazole rings is 1. The van der Waals surface area contributed by atoms with Crippen molar-refractivity contribution in [2.24, 2.45) is 0 Å².